The van der Waals surface area contributed by atoms with Gasteiger partial charge in [0.15, 0.2) is 0 Å². The van der Waals surface area contributed by atoms with Gasteiger partial charge in [0.2, 0.25) is 0 Å². The van der Waals surface area contributed by atoms with Crippen LogP contribution >= 0.6 is 22.9 Å². The maximum Gasteiger partial charge on any atom is 0.418 e. The van der Waals surface area contributed by atoms with Gasteiger partial charge in [-0.3, -0.25) is 14.3 Å². The number of aromatic carboxylic acids is 1. The highest BCUT2D eigenvalue weighted by Crippen LogP contribution is 2.43. The Hall–Kier alpha value is -4.71. The van der Waals surface area contributed by atoms with Gasteiger partial charge in [0.1, 0.15) is 24.3 Å². The molecule has 6 rings (SSSR count). The maximum atomic E-state index is 14.4. The number of nitriles is 1. The number of likely N-dealkylation sites (N-methyl/N-ethyl adjacent to an activating group) is 1. The first-order chi connectivity index (χ1) is 23.7. The summed E-state index contributed by atoms with van der Waals surface area (Å²) in [6, 6.07) is 9.68. The number of fused-ring (bicyclic) bond motifs is 2. The van der Waals surface area contributed by atoms with Gasteiger partial charge in [-0.25, -0.2) is 9.78 Å². The van der Waals surface area contributed by atoms with Crippen LogP contribution in [0.1, 0.15) is 44.8 Å². The molecule has 0 radical (unpaired) electrons. The fourth-order valence-electron chi connectivity index (χ4n) is 6.37. The third-order valence-corrected chi connectivity index (χ3v) is 10.3. The molecule has 0 saturated carbocycles. The number of halogens is 4. The first-order valence-corrected chi connectivity index (χ1v) is 17.0. The molecule has 0 unspecified atom stereocenters. The Morgan fingerprint density at radius 1 is 1.12 bits per heavy atom. The normalized spacial score (nSPS) is 14.0. The molecule has 1 aliphatic rings. The third kappa shape index (κ3) is 6.36. The molecule has 50 heavy (non-hydrogen) atoms. The number of pyridine rings is 1. The summed E-state index contributed by atoms with van der Waals surface area (Å²) in [6.45, 7) is 6.60. The molecule has 0 amide bonds. The summed E-state index contributed by atoms with van der Waals surface area (Å²) in [7, 11) is 1.87. The molecule has 1 saturated heterocycles. The Labute approximate surface area is 293 Å². The summed E-state index contributed by atoms with van der Waals surface area (Å²) < 4.78 is 51.3. The second kappa shape index (κ2) is 13.5. The summed E-state index contributed by atoms with van der Waals surface area (Å²) in [5.74, 6) is -0.501. The van der Waals surface area contributed by atoms with E-state index in [9.17, 15) is 33.1 Å². The van der Waals surface area contributed by atoms with Crippen molar-refractivity contribution < 1.29 is 27.8 Å². The number of anilines is 1. The van der Waals surface area contributed by atoms with E-state index in [-0.39, 0.29) is 59.8 Å². The van der Waals surface area contributed by atoms with Crippen LogP contribution in [0.2, 0.25) is 5.02 Å². The fourth-order valence-corrected chi connectivity index (χ4v) is 7.66. The number of carboxylic acid groups (broad SMARTS) is 1. The van der Waals surface area contributed by atoms with Gasteiger partial charge in [0, 0.05) is 52.9 Å². The quantitative estimate of drug-likeness (QED) is 0.182. The smallest absolute Gasteiger partial charge is 0.418 e. The number of carboxylic acids is 1. The van der Waals surface area contributed by atoms with E-state index in [0.29, 0.717) is 62.2 Å². The SMILES string of the molecule is CCc1cc(-c2cc(Cl)ccc2OCCn2c(C)nc3cc(C(F)(F)F)c(N4CCN(C)CC4)c(C#N)c3c2=O)c2sc(C)c(C(=O)O)c2n1. The van der Waals surface area contributed by atoms with E-state index in [2.05, 4.69) is 9.97 Å². The molecule has 1 aliphatic heterocycles. The molecule has 15 heteroatoms. The number of rotatable bonds is 8. The second-order valence-electron chi connectivity index (χ2n) is 12.1. The Balaban J connectivity index is 1.40. The first kappa shape index (κ1) is 35.1. The van der Waals surface area contributed by atoms with Crippen molar-refractivity contribution in [1.82, 2.24) is 19.4 Å². The van der Waals surface area contributed by atoms with Crippen molar-refractivity contribution in [1.29, 1.82) is 5.26 Å². The van der Waals surface area contributed by atoms with E-state index in [4.69, 9.17) is 16.3 Å². The fraction of sp³-hybridized carbons (Fsp3) is 0.343. The average molecular weight is 725 g/mol. The number of hydrogen-bond donors (Lipinski definition) is 1. The standard InChI is InChI=1S/C35H32ClF3N6O4S/c1-5-21-15-23(32-30(42-21)28(34(47)48)18(2)50-32)22-14-20(36)6-7-27(22)49-13-12-45-19(3)41-26-16-25(35(37,38)39)31(24(17-40)29(26)33(45)46)44-10-8-43(4)9-11-44/h6-7,14-16H,5,8-13H2,1-4H3,(H,47,48). The van der Waals surface area contributed by atoms with Crippen molar-refractivity contribution in [3.63, 3.8) is 0 Å². The van der Waals surface area contributed by atoms with Crippen molar-refractivity contribution in [2.24, 2.45) is 0 Å². The number of hydrogen-bond acceptors (Lipinski definition) is 9. The van der Waals surface area contributed by atoms with Gasteiger partial charge in [0.25, 0.3) is 5.56 Å². The number of aromatic nitrogens is 3. The molecule has 1 N–H and O–H groups in total. The molecule has 2 aromatic carbocycles. The summed E-state index contributed by atoms with van der Waals surface area (Å²) in [6.07, 6.45) is -4.22. The van der Waals surface area contributed by atoms with Crippen molar-refractivity contribution in [2.45, 2.75) is 39.9 Å². The number of alkyl halides is 3. The molecule has 4 heterocycles. The molecule has 5 aromatic rings. The van der Waals surface area contributed by atoms with E-state index >= 15 is 0 Å². The largest absolute Gasteiger partial charge is 0.491 e. The van der Waals surface area contributed by atoms with Gasteiger partial charge >= 0.3 is 12.1 Å². The second-order valence-corrected chi connectivity index (χ2v) is 13.7. The van der Waals surface area contributed by atoms with Crippen LogP contribution in [0.3, 0.4) is 0 Å². The molecule has 3 aromatic heterocycles. The molecule has 0 bridgehead atoms. The summed E-state index contributed by atoms with van der Waals surface area (Å²) >= 11 is 7.74. The van der Waals surface area contributed by atoms with Crippen LogP contribution in [0.5, 0.6) is 5.75 Å². The monoisotopic (exact) mass is 724 g/mol. The number of ether oxygens (including phenoxy) is 1. The Morgan fingerprint density at radius 3 is 2.48 bits per heavy atom. The summed E-state index contributed by atoms with van der Waals surface area (Å²) in [5, 5.41) is 20.4. The highest BCUT2D eigenvalue weighted by Gasteiger charge is 2.39. The minimum atomic E-state index is -4.78. The van der Waals surface area contributed by atoms with E-state index in [1.807, 2.05) is 31.0 Å². The van der Waals surface area contributed by atoms with E-state index in [1.165, 1.54) is 27.7 Å². The molecule has 0 atom stereocenters. The third-order valence-electron chi connectivity index (χ3n) is 8.90. The predicted octanol–water partition coefficient (Wildman–Crippen LogP) is 6.93. The van der Waals surface area contributed by atoms with E-state index in [1.54, 1.807) is 25.1 Å². The average Bonchev–Trinajstić information content (AvgIpc) is 3.41. The molecular formula is C35H32ClF3N6O4S. The first-order valence-electron chi connectivity index (χ1n) is 15.8. The van der Waals surface area contributed by atoms with Crippen molar-refractivity contribution >= 4 is 55.7 Å². The molecule has 1 fully saturated rings. The number of nitrogens with zero attached hydrogens (tertiary/aromatic N) is 6. The molecule has 10 nitrogen and oxygen atoms in total. The molecule has 0 aliphatic carbocycles. The van der Waals surface area contributed by atoms with Crippen LogP contribution in [-0.2, 0) is 19.1 Å². The van der Waals surface area contributed by atoms with Gasteiger partial charge in [0.05, 0.1) is 50.0 Å². The van der Waals surface area contributed by atoms with Gasteiger partial charge in [-0.1, -0.05) is 18.5 Å². The number of carbonyl (C=O) groups is 1. The van der Waals surface area contributed by atoms with Crippen LogP contribution in [0.4, 0.5) is 18.9 Å². The molecular weight excluding hydrogens is 693 g/mol. The Morgan fingerprint density at radius 2 is 1.84 bits per heavy atom. The maximum absolute atomic E-state index is 14.4. The van der Waals surface area contributed by atoms with Gasteiger partial charge in [-0.05, 0) is 57.6 Å². The van der Waals surface area contributed by atoms with Crippen LogP contribution in [0.15, 0.2) is 35.1 Å². The minimum Gasteiger partial charge on any atom is -0.491 e. The zero-order valence-electron chi connectivity index (χ0n) is 27.6. The number of thiophene rings is 1. The highest BCUT2D eigenvalue weighted by atomic mass is 35.5. The van der Waals surface area contributed by atoms with Crippen LogP contribution < -0.4 is 15.2 Å². The Bertz CT molecular complexity index is 2270. The lowest BCUT2D eigenvalue weighted by molar-refractivity contribution is -0.137. The zero-order chi connectivity index (χ0) is 36.1. The topological polar surface area (TPSA) is 125 Å². The van der Waals surface area contributed by atoms with E-state index in [0.717, 1.165) is 6.07 Å². The van der Waals surface area contributed by atoms with Crippen LogP contribution in [-0.4, -0.2) is 70.3 Å². The molecule has 260 valence electrons. The van der Waals surface area contributed by atoms with Crippen molar-refractivity contribution in [3.05, 3.63) is 78.8 Å². The molecule has 0 spiro atoms. The van der Waals surface area contributed by atoms with Crippen LogP contribution in [0.25, 0.3) is 32.2 Å². The van der Waals surface area contributed by atoms with E-state index < -0.39 is 23.3 Å². The van der Waals surface area contributed by atoms with Crippen molar-refractivity contribution in [2.75, 3.05) is 44.7 Å². The Kier molecular flexibility index (Phi) is 9.51. The highest BCUT2D eigenvalue weighted by molar-refractivity contribution is 7.20. The lowest BCUT2D eigenvalue weighted by Gasteiger charge is -2.36. The summed E-state index contributed by atoms with van der Waals surface area (Å²) in [4.78, 5) is 39.2. The lowest BCUT2D eigenvalue weighted by Crippen LogP contribution is -2.45. The van der Waals surface area contributed by atoms with Gasteiger partial charge < -0.3 is 19.6 Å². The number of aryl methyl sites for hydroxylation is 3. The minimum absolute atomic E-state index is 0.0291. The van der Waals surface area contributed by atoms with Gasteiger partial charge in [-0.2, -0.15) is 18.4 Å². The number of piperazine rings is 1. The lowest BCUT2D eigenvalue weighted by atomic mass is 10.00. The van der Waals surface area contributed by atoms with Gasteiger partial charge in [-0.15, -0.1) is 11.3 Å². The zero-order valence-corrected chi connectivity index (χ0v) is 29.2. The number of benzene rings is 2. The summed E-state index contributed by atoms with van der Waals surface area (Å²) in [5.41, 5.74) is -0.0136. The van der Waals surface area contributed by atoms with Crippen LogP contribution in [0, 0.1) is 25.2 Å². The van der Waals surface area contributed by atoms with Crippen molar-refractivity contribution in [3.8, 4) is 22.9 Å². The predicted molar refractivity (Wildman–Crippen MR) is 187 cm³/mol.